The van der Waals surface area contributed by atoms with E-state index in [1.165, 1.54) is 18.4 Å². The summed E-state index contributed by atoms with van der Waals surface area (Å²) in [7, 11) is 3.82. The summed E-state index contributed by atoms with van der Waals surface area (Å²) >= 11 is 0. The van der Waals surface area contributed by atoms with E-state index in [9.17, 15) is 0 Å². The molecule has 0 spiro atoms. The maximum atomic E-state index is 5.73. The Balaban J connectivity index is 0.00000288. The lowest BCUT2D eigenvalue weighted by molar-refractivity contribution is 0.115. The fraction of sp³-hybridized carbons (Fsp3) is 0.611. The van der Waals surface area contributed by atoms with Gasteiger partial charge in [-0.2, -0.15) is 0 Å². The lowest BCUT2D eigenvalue weighted by Gasteiger charge is -2.22. The number of guanidine groups is 1. The van der Waals surface area contributed by atoms with Gasteiger partial charge in [-0.25, -0.2) is 0 Å². The van der Waals surface area contributed by atoms with Gasteiger partial charge in [0.2, 0.25) is 0 Å². The highest BCUT2D eigenvalue weighted by Gasteiger charge is 2.21. The van der Waals surface area contributed by atoms with Crippen LogP contribution in [0.3, 0.4) is 0 Å². The summed E-state index contributed by atoms with van der Waals surface area (Å²) in [5, 5.41) is 3.31. The van der Waals surface area contributed by atoms with E-state index in [0.29, 0.717) is 13.2 Å². The minimum absolute atomic E-state index is 0. The van der Waals surface area contributed by atoms with Crippen molar-refractivity contribution in [3.05, 3.63) is 29.8 Å². The van der Waals surface area contributed by atoms with Crippen LogP contribution in [0.2, 0.25) is 0 Å². The molecule has 1 N–H and O–H groups in total. The molecule has 1 aromatic rings. The first-order valence-electron chi connectivity index (χ1n) is 8.38. The summed E-state index contributed by atoms with van der Waals surface area (Å²) in [6.07, 6.45) is 2.67. The van der Waals surface area contributed by atoms with Gasteiger partial charge in [-0.15, -0.1) is 24.0 Å². The van der Waals surface area contributed by atoms with Gasteiger partial charge >= 0.3 is 0 Å². The van der Waals surface area contributed by atoms with Crippen LogP contribution in [-0.4, -0.2) is 57.9 Å². The minimum atomic E-state index is 0. The molecule has 1 fully saturated rings. The Bertz CT molecular complexity index is 507. The van der Waals surface area contributed by atoms with Gasteiger partial charge in [0, 0.05) is 27.2 Å². The number of likely N-dealkylation sites (N-methyl/N-ethyl adjacent to an activating group) is 1. The van der Waals surface area contributed by atoms with E-state index in [2.05, 4.69) is 28.2 Å². The summed E-state index contributed by atoms with van der Waals surface area (Å²) in [6.45, 7) is 5.87. The Labute approximate surface area is 162 Å². The summed E-state index contributed by atoms with van der Waals surface area (Å²) < 4.78 is 11.4. The zero-order chi connectivity index (χ0) is 16.5. The van der Waals surface area contributed by atoms with E-state index in [-0.39, 0.29) is 24.0 Å². The van der Waals surface area contributed by atoms with E-state index < -0.39 is 0 Å². The molecule has 0 aliphatic heterocycles. The highest BCUT2D eigenvalue weighted by atomic mass is 127. The summed E-state index contributed by atoms with van der Waals surface area (Å²) in [4.78, 5) is 6.38. The van der Waals surface area contributed by atoms with Gasteiger partial charge in [-0.3, -0.25) is 4.99 Å². The SMILES string of the molecule is CN=C(NCCOc1cccc(C)c1)N(C)CCOCC1CC1.I. The first-order valence-corrected chi connectivity index (χ1v) is 8.38. The zero-order valence-corrected chi connectivity index (χ0v) is 17.3. The third-order valence-corrected chi connectivity index (χ3v) is 3.84. The Morgan fingerprint density at radius 3 is 2.79 bits per heavy atom. The predicted molar refractivity (Wildman–Crippen MR) is 110 cm³/mol. The molecular formula is C18H30IN3O2. The lowest BCUT2D eigenvalue weighted by atomic mass is 10.2. The molecule has 1 aromatic carbocycles. The molecule has 6 heteroatoms. The maximum Gasteiger partial charge on any atom is 0.193 e. The average molecular weight is 447 g/mol. The second kappa shape index (κ2) is 11.5. The van der Waals surface area contributed by atoms with Crippen LogP contribution in [0.5, 0.6) is 5.75 Å². The van der Waals surface area contributed by atoms with E-state index in [1.54, 1.807) is 7.05 Å². The van der Waals surface area contributed by atoms with E-state index >= 15 is 0 Å². The smallest absolute Gasteiger partial charge is 0.193 e. The summed E-state index contributed by atoms with van der Waals surface area (Å²) in [6, 6.07) is 8.09. The van der Waals surface area contributed by atoms with Crippen molar-refractivity contribution in [3.63, 3.8) is 0 Å². The third-order valence-electron chi connectivity index (χ3n) is 3.84. The first kappa shape index (κ1) is 21.0. The van der Waals surface area contributed by atoms with Crippen molar-refractivity contribution >= 4 is 29.9 Å². The zero-order valence-electron chi connectivity index (χ0n) is 15.0. The molecule has 5 nitrogen and oxygen atoms in total. The molecule has 0 unspecified atom stereocenters. The standard InChI is InChI=1S/C18H29N3O2.HI/c1-15-5-4-6-17(13-15)23-11-9-20-18(19-2)21(3)10-12-22-14-16-7-8-16;/h4-6,13,16H,7-12,14H2,1-3H3,(H,19,20);1H. The monoisotopic (exact) mass is 447 g/mol. The molecular weight excluding hydrogens is 417 g/mol. The molecule has 2 rings (SSSR count). The van der Waals surface area contributed by atoms with Crippen LogP contribution in [0, 0.1) is 12.8 Å². The normalized spacial score (nSPS) is 14.0. The first-order chi connectivity index (χ1) is 11.2. The highest BCUT2D eigenvalue weighted by Crippen LogP contribution is 2.28. The van der Waals surface area contributed by atoms with Crippen molar-refractivity contribution in [3.8, 4) is 5.75 Å². The molecule has 0 amide bonds. The summed E-state index contributed by atoms with van der Waals surface area (Å²) in [5.41, 5.74) is 1.21. The predicted octanol–water partition coefficient (Wildman–Crippen LogP) is 2.93. The molecule has 1 aliphatic rings. The number of aliphatic imine (C=N–C) groups is 1. The van der Waals surface area contributed by atoms with Crippen molar-refractivity contribution in [2.45, 2.75) is 19.8 Å². The van der Waals surface area contributed by atoms with Gasteiger partial charge in [0.25, 0.3) is 0 Å². The number of ether oxygens (including phenoxy) is 2. The molecule has 0 heterocycles. The van der Waals surface area contributed by atoms with Crippen LogP contribution >= 0.6 is 24.0 Å². The quantitative estimate of drug-likeness (QED) is 0.274. The van der Waals surface area contributed by atoms with Crippen LogP contribution in [0.25, 0.3) is 0 Å². The van der Waals surface area contributed by atoms with Gasteiger partial charge in [-0.05, 0) is 43.4 Å². The fourth-order valence-electron chi connectivity index (χ4n) is 2.26. The van der Waals surface area contributed by atoms with Gasteiger partial charge in [-0.1, -0.05) is 12.1 Å². The van der Waals surface area contributed by atoms with Gasteiger partial charge in [0.1, 0.15) is 12.4 Å². The molecule has 0 atom stereocenters. The van der Waals surface area contributed by atoms with Crippen LogP contribution in [-0.2, 0) is 4.74 Å². The Hall–Kier alpha value is -1.02. The number of rotatable bonds is 9. The second-order valence-electron chi connectivity index (χ2n) is 6.08. The van der Waals surface area contributed by atoms with Crippen molar-refractivity contribution in [2.24, 2.45) is 10.9 Å². The van der Waals surface area contributed by atoms with Crippen LogP contribution in [0.4, 0.5) is 0 Å². The van der Waals surface area contributed by atoms with Crippen molar-refractivity contribution in [1.29, 1.82) is 0 Å². The molecule has 24 heavy (non-hydrogen) atoms. The molecule has 0 radical (unpaired) electrons. The number of hydrogen-bond acceptors (Lipinski definition) is 3. The Kier molecular flexibility index (Phi) is 10.1. The van der Waals surface area contributed by atoms with E-state index in [1.807, 2.05) is 25.2 Å². The minimum Gasteiger partial charge on any atom is -0.492 e. The van der Waals surface area contributed by atoms with Gasteiger partial charge in [0.15, 0.2) is 5.96 Å². The molecule has 136 valence electrons. The number of benzene rings is 1. The topological polar surface area (TPSA) is 46.1 Å². The Morgan fingerprint density at radius 2 is 2.12 bits per heavy atom. The lowest BCUT2D eigenvalue weighted by Crippen LogP contribution is -2.42. The molecule has 1 aliphatic carbocycles. The van der Waals surface area contributed by atoms with Crippen molar-refractivity contribution in [1.82, 2.24) is 10.2 Å². The van der Waals surface area contributed by atoms with Crippen LogP contribution in [0.15, 0.2) is 29.3 Å². The molecule has 1 saturated carbocycles. The van der Waals surface area contributed by atoms with Crippen molar-refractivity contribution in [2.75, 3.05) is 47.0 Å². The van der Waals surface area contributed by atoms with Crippen LogP contribution in [0.1, 0.15) is 18.4 Å². The average Bonchev–Trinajstić information content (AvgIpc) is 3.36. The van der Waals surface area contributed by atoms with Crippen LogP contribution < -0.4 is 10.1 Å². The molecule has 0 saturated heterocycles. The van der Waals surface area contributed by atoms with E-state index in [0.717, 1.165) is 37.4 Å². The Morgan fingerprint density at radius 1 is 1.33 bits per heavy atom. The molecule has 0 aromatic heterocycles. The summed E-state index contributed by atoms with van der Waals surface area (Å²) in [5.74, 6) is 2.59. The number of halogens is 1. The number of nitrogens with one attached hydrogen (secondary N) is 1. The number of aryl methyl sites for hydroxylation is 1. The van der Waals surface area contributed by atoms with E-state index in [4.69, 9.17) is 9.47 Å². The number of hydrogen-bond donors (Lipinski definition) is 1. The van der Waals surface area contributed by atoms with Gasteiger partial charge < -0.3 is 19.7 Å². The highest BCUT2D eigenvalue weighted by molar-refractivity contribution is 14.0. The maximum absolute atomic E-state index is 5.73. The molecule has 0 bridgehead atoms. The third kappa shape index (κ3) is 8.19. The largest absolute Gasteiger partial charge is 0.492 e. The number of nitrogens with zero attached hydrogens (tertiary/aromatic N) is 2. The van der Waals surface area contributed by atoms with Gasteiger partial charge in [0.05, 0.1) is 13.2 Å². The fourth-order valence-corrected chi connectivity index (χ4v) is 2.26. The van der Waals surface area contributed by atoms with Crippen molar-refractivity contribution < 1.29 is 9.47 Å². The second-order valence-corrected chi connectivity index (χ2v) is 6.08.